The fourth-order valence-electron chi connectivity index (χ4n) is 3.50. The molecule has 4 nitrogen and oxygen atoms in total. The molecule has 2 atom stereocenters. The highest BCUT2D eigenvalue weighted by Gasteiger charge is 2.22. The Morgan fingerprint density at radius 1 is 1.11 bits per heavy atom. The molecule has 0 N–H and O–H groups in total. The minimum atomic E-state index is -0.0633. The number of aromatic nitrogens is 1. The smallest absolute Gasteiger partial charge is 0.161 e. The van der Waals surface area contributed by atoms with Crippen molar-refractivity contribution < 1.29 is 14.2 Å². The number of nitrogens with zero attached hydrogens (tertiary/aromatic N) is 1. The van der Waals surface area contributed by atoms with E-state index in [1.54, 1.807) is 7.11 Å². The van der Waals surface area contributed by atoms with Gasteiger partial charge in [-0.1, -0.05) is 19.1 Å². The van der Waals surface area contributed by atoms with Gasteiger partial charge in [0.2, 0.25) is 0 Å². The van der Waals surface area contributed by atoms with Crippen LogP contribution in [0, 0.1) is 0 Å². The molecular weight excluding hydrogens is 338 g/mol. The molecule has 1 aromatic carbocycles. The minimum Gasteiger partial charge on any atom is -0.493 e. The second-order valence-electron chi connectivity index (χ2n) is 7.30. The third-order valence-corrected chi connectivity index (χ3v) is 5.25. The molecule has 3 rings (SSSR count). The highest BCUT2D eigenvalue weighted by molar-refractivity contribution is 5.44. The zero-order valence-electron chi connectivity index (χ0n) is 16.7. The quantitative estimate of drug-likeness (QED) is 0.584. The fourth-order valence-corrected chi connectivity index (χ4v) is 3.50. The Morgan fingerprint density at radius 2 is 1.93 bits per heavy atom. The second-order valence-corrected chi connectivity index (χ2v) is 7.30. The van der Waals surface area contributed by atoms with E-state index < -0.39 is 0 Å². The second kappa shape index (κ2) is 9.75. The lowest BCUT2D eigenvalue weighted by atomic mass is 10.0. The maximum absolute atomic E-state index is 6.35. The van der Waals surface area contributed by atoms with Gasteiger partial charge in [0.1, 0.15) is 0 Å². The standard InChI is InChI=1S/C23H31NO3/c1-4-17(2)26-22(16-19-9-7-8-14-24-19)18-12-13-21(25-3)23(15-18)27-20-10-5-6-11-20/h7-9,12-15,17,20,22H,4-6,10-11,16H2,1-3H3. The Labute approximate surface area is 162 Å². The zero-order valence-corrected chi connectivity index (χ0v) is 16.7. The number of benzene rings is 1. The average molecular weight is 370 g/mol. The zero-order chi connectivity index (χ0) is 19.1. The van der Waals surface area contributed by atoms with E-state index in [0.29, 0.717) is 6.10 Å². The van der Waals surface area contributed by atoms with Crippen LogP contribution in [0.25, 0.3) is 0 Å². The van der Waals surface area contributed by atoms with Gasteiger partial charge in [-0.2, -0.15) is 0 Å². The summed E-state index contributed by atoms with van der Waals surface area (Å²) in [6.07, 6.45) is 8.67. The SMILES string of the molecule is CCC(C)OC(Cc1ccccn1)c1ccc(OC)c(OC2CCCC2)c1. The average Bonchev–Trinajstić information content (AvgIpc) is 3.21. The molecule has 4 heteroatoms. The summed E-state index contributed by atoms with van der Waals surface area (Å²) in [7, 11) is 1.69. The monoisotopic (exact) mass is 369 g/mol. The van der Waals surface area contributed by atoms with Crippen LogP contribution in [-0.2, 0) is 11.2 Å². The number of pyridine rings is 1. The summed E-state index contributed by atoms with van der Waals surface area (Å²) >= 11 is 0. The van der Waals surface area contributed by atoms with Crippen molar-refractivity contribution in [3.8, 4) is 11.5 Å². The number of methoxy groups -OCH3 is 1. The van der Waals surface area contributed by atoms with Gasteiger partial charge in [0, 0.05) is 18.3 Å². The molecule has 0 saturated heterocycles. The van der Waals surface area contributed by atoms with E-state index in [1.165, 1.54) is 12.8 Å². The molecule has 1 aliphatic carbocycles. The molecule has 146 valence electrons. The molecule has 1 fully saturated rings. The molecule has 1 saturated carbocycles. The van der Waals surface area contributed by atoms with E-state index in [2.05, 4.69) is 31.0 Å². The summed E-state index contributed by atoms with van der Waals surface area (Å²) in [6.45, 7) is 4.26. The highest BCUT2D eigenvalue weighted by Crippen LogP contribution is 2.35. The van der Waals surface area contributed by atoms with Crippen molar-refractivity contribution in [1.82, 2.24) is 4.98 Å². The molecule has 2 aromatic rings. The van der Waals surface area contributed by atoms with Crippen molar-refractivity contribution in [1.29, 1.82) is 0 Å². The van der Waals surface area contributed by atoms with Gasteiger partial charge in [-0.25, -0.2) is 0 Å². The summed E-state index contributed by atoms with van der Waals surface area (Å²) in [5.41, 5.74) is 2.13. The van der Waals surface area contributed by atoms with Crippen LogP contribution in [0.5, 0.6) is 11.5 Å². The van der Waals surface area contributed by atoms with Crippen LogP contribution in [0.15, 0.2) is 42.6 Å². The first-order valence-corrected chi connectivity index (χ1v) is 10.1. The van der Waals surface area contributed by atoms with Gasteiger partial charge in [0.25, 0.3) is 0 Å². The fraction of sp³-hybridized carbons (Fsp3) is 0.522. The van der Waals surface area contributed by atoms with Crippen LogP contribution in [-0.4, -0.2) is 24.3 Å². The molecule has 2 unspecified atom stereocenters. The topological polar surface area (TPSA) is 40.6 Å². The summed E-state index contributed by atoms with van der Waals surface area (Å²) in [5, 5.41) is 0. The molecule has 0 aliphatic heterocycles. The van der Waals surface area contributed by atoms with Crippen LogP contribution >= 0.6 is 0 Å². The van der Waals surface area contributed by atoms with Crippen molar-refractivity contribution in [3.05, 3.63) is 53.9 Å². The lowest BCUT2D eigenvalue weighted by molar-refractivity contribution is -0.00555. The van der Waals surface area contributed by atoms with Gasteiger partial charge in [-0.3, -0.25) is 4.98 Å². The van der Waals surface area contributed by atoms with Crippen LogP contribution in [0.1, 0.15) is 63.3 Å². The van der Waals surface area contributed by atoms with E-state index in [-0.39, 0.29) is 12.2 Å². The summed E-state index contributed by atoms with van der Waals surface area (Å²) in [6, 6.07) is 12.2. The molecule has 1 aliphatic rings. The van der Waals surface area contributed by atoms with E-state index in [9.17, 15) is 0 Å². The highest BCUT2D eigenvalue weighted by atomic mass is 16.5. The molecule has 27 heavy (non-hydrogen) atoms. The molecule has 0 radical (unpaired) electrons. The molecule has 0 amide bonds. The van der Waals surface area contributed by atoms with E-state index in [4.69, 9.17) is 14.2 Å². The van der Waals surface area contributed by atoms with Crippen molar-refractivity contribution in [2.45, 2.75) is 70.7 Å². The van der Waals surface area contributed by atoms with Crippen LogP contribution in [0.2, 0.25) is 0 Å². The van der Waals surface area contributed by atoms with Crippen molar-refractivity contribution in [3.63, 3.8) is 0 Å². The normalized spacial score (nSPS) is 16.9. The van der Waals surface area contributed by atoms with Crippen LogP contribution < -0.4 is 9.47 Å². The molecule has 1 heterocycles. The van der Waals surface area contributed by atoms with Crippen molar-refractivity contribution >= 4 is 0 Å². The van der Waals surface area contributed by atoms with Gasteiger partial charge in [0.15, 0.2) is 11.5 Å². The van der Waals surface area contributed by atoms with Gasteiger partial charge in [0.05, 0.1) is 25.4 Å². The van der Waals surface area contributed by atoms with Crippen LogP contribution in [0.4, 0.5) is 0 Å². The molecule has 1 aromatic heterocycles. The Bertz CT molecular complexity index is 698. The first-order valence-electron chi connectivity index (χ1n) is 10.1. The van der Waals surface area contributed by atoms with E-state index >= 15 is 0 Å². The Morgan fingerprint density at radius 3 is 2.59 bits per heavy atom. The maximum atomic E-state index is 6.35. The summed E-state index contributed by atoms with van der Waals surface area (Å²) in [5.74, 6) is 1.60. The third kappa shape index (κ3) is 5.46. The number of rotatable bonds is 9. The third-order valence-electron chi connectivity index (χ3n) is 5.25. The molecule has 0 spiro atoms. The predicted molar refractivity (Wildman–Crippen MR) is 107 cm³/mol. The largest absolute Gasteiger partial charge is 0.493 e. The van der Waals surface area contributed by atoms with E-state index in [0.717, 1.165) is 48.4 Å². The van der Waals surface area contributed by atoms with Crippen molar-refractivity contribution in [2.24, 2.45) is 0 Å². The Balaban J connectivity index is 1.85. The lowest BCUT2D eigenvalue weighted by Gasteiger charge is -2.24. The maximum Gasteiger partial charge on any atom is 0.161 e. The number of hydrogen-bond acceptors (Lipinski definition) is 4. The van der Waals surface area contributed by atoms with Gasteiger partial charge in [-0.15, -0.1) is 0 Å². The van der Waals surface area contributed by atoms with Crippen molar-refractivity contribution in [2.75, 3.05) is 7.11 Å². The minimum absolute atomic E-state index is 0.0633. The van der Waals surface area contributed by atoms with Gasteiger partial charge < -0.3 is 14.2 Å². The molecule has 0 bridgehead atoms. The van der Waals surface area contributed by atoms with Gasteiger partial charge in [-0.05, 0) is 68.9 Å². The Hall–Kier alpha value is -2.07. The number of hydrogen-bond donors (Lipinski definition) is 0. The summed E-state index contributed by atoms with van der Waals surface area (Å²) in [4.78, 5) is 4.48. The summed E-state index contributed by atoms with van der Waals surface area (Å²) < 4.78 is 18.2. The number of ether oxygens (including phenoxy) is 3. The van der Waals surface area contributed by atoms with E-state index in [1.807, 2.05) is 30.5 Å². The van der Waals surface area contributed by atoms with Gasteiger partial charge >= 0.3 is 0 Å². The predicted octanol–water partition coefficient (Wildman–Crippen LogP) is 5.51. The first kappa shape index (κ1) is 19.7. The Kier molecular flexibility index (Phi) is 7.11. The lowest BCUT2D eigenvalue weighted by Crippen LogP contribution is -2.16. The van der Waals surface area contributed by atoms with Crippen LogP contribution in [0.3, 0.4) is 0 Å². The molecular formula is C23H31NO3. The first-order chi connectivity index (χ1) is 13.2.